The third-order valence-electron chi connectivity index (χ3n) is 5.88. The molecule has 18 heavy (non-hydrogen) atoms. The monoisotopic (exact) mass is 252 g/mol. The molecule has 4 unspecified atom stereocenters. The van der Waals surface area contributed by atoms with Crippen molar-refractivity contribution in [1.82, 2.24) is 4.90 Å². The second-order valence-electron chi connectivity index (χ2n) is 7.40. The smallest absolute Gasteiger partial charge is 0.0306 e. The maximum atomic E-state index is 6.67. The largest absolute Gasteiger partial charge is 0.326 e. The summed E-state index contributed by atoms with van der Waals surface area (Å²) in [7, 11) is 0. The topological polar surface area (TPSA) is 29.3 Å². The van der Waals surface area contributed by atoms with Crippen molar-refractivity contribution in [2.24, 2.45) is 23.5 Å². The molecule has 2 N–H and O–H groups in total. The van der Waals surface area contributed by atoms with Crippen molar-refractivity contribution in [2.75, 3.05) is 13.1 Å². The molecular formula is C16H32N2. The molecule has 1 aliphatic heterocycles. The fourth-order valence-electron chi connectivity index (χ4n) is 4.00. The van der Waals surface area contributed by atoms with Crippen LogP contribution in [-0.2, 0) is 0 Å². The highest BCUT2D eigenvalue weighted by Crippen LogP contribution is 2.38. The third-order valence-corrected chi connectivity index (χ3v) is 5.88. The number of nitrogens with zero attached hydrogens (tertiary/aromatic N) is 1. The first-order valence-electron chi connectivity index (χ1n) is 7.93. The molecule has 2 aliphatic rings. The van der Waals surface area contributed by atoms with Gasteiger partial charge in [-0.2, -0.15) is 0 Å². The molecule has 1 heterocycles. The van der Waals surface area contributed by atoms with E-state index >= 15 is 0 Å². The molecule has 0 bridgehead atoms. The van der Waals surface area contributed by atoms with E-state index in [1.165, 1.54) is 45.2 Å². The molecule has 1 aliphatic carbocycles. The van der Waals surface area contributed by atoms with Crippen molar-refractivity contribution < 1.29 is 0 Å². The van der Waals surface area contributed by atoms with Gasteiger partial charge in [-0.15, -0.1) is 0 Å². The summed E-state index contributed by atoms with van der Waals surface area (Å²) >= 11 is 0. The molecule has 1 saturated heterocycles. The molecule has 0 aromatic heterocycles. The predicted octanol–water partition coefficient (Wildman–Crippen LogP) is 3.26. The number of likely N-dealkylation sites (tertiary alicyclic amines) is 1. The van der Waals surface area contributed by atoms with E-state index in [1.54, 1.807) is 0 Å². The molecule has 0 radical (unpaired) electrons. The van der Waals surface area contributed by atoms with Crippen molar-refractivity contribution >= 4 is 0 Å². The fraction of sp³-hybridized carbons (Fsp3) is 1.00. The minimum atomic E-state index is 0.182. The van der Waals surface area contributed by atoms with Gasteiger partial charge in [0.05, 0.1) is 0 Å². The van der Waals surface area contributed by atoms with Crippen molar-refractivity contribution in [3.05, 3.63) is 0 Å². The summed E-state index contributed by atoms with van der Waals surface area (Å²) in [6.07, 6.45) is 6.75. The summed E-state index contributed by atoms with van der Waals surface area (Å²) in [4.78, 5) is 2.63. The van der Waals surface area contributed by atoms with Gasteiger partial charge in [0.2, 0.25) is 0 Å². The first-order valence-corrected chi connectivity index (χ1v) is 7.93. The molecule has 2 fully saturated rings. The zero-order valence-corrected chi connectivity index (χ0v) is 12.8. The van der Waals surface area contributed by atoms with Crippen LogP contribution in [0.25, 0.3) is 0 Å². The van der Waals surface area contributed by atoms with Gasteiger partial charge in [-0.1, -0.05) is 20.3 Å². The highest BCUT2D eigenvalue weighted by molar-refractivity contribution is 4.98. The molecule has 0 spiro atoms. The van der Waals surface area contributed by atoms with Crippen molar-refractivity contribution in [1.29, 1.82) is 0 Å². The maximum Gasteiger partial charge on any atom is 0.0306 e. The molecule has 0 aromatic rings. The lowest BCUT2D eigenvalue weighted by Crippen LogP contribution is -2.58. The Labute approximate surface area is 113 Å². The first kappa shape index (κ1) is 14.3. The average Bonchev–Trinajstić information content (AvgIpc) is 2.86. The summed E-state index contributed by atoms with van der Waals surface area (Å²) in [5.74, 6) is 2.47. The van der Waals surface area contributed by atoms with Crippen LogP contribution in [-0.4, -0.2) is 29.6 Å². The number of hydrogen-bond donors (Lipinski definition) is 1. The molecule has 2 heteroatoms. The fourth-order valence-corrected chi connectivity index (χ4v) is 4.00. The Morgan fingerprint density at radius 2 is 1.67 bits per heavy atom. The van der Waals surface area contributed by atoms with E-state index in [2.05, 4.69) is 32.6 Å². The predicted molar refractivity (Wildman–Crippen MR) is 78.5 cm³/mol. The van der Waals surface area contributed by atoms with Crippen LogP contribution in [0.4, 0.5) is 0 Å². The molecule has 106 valence electrons. The Balaban J connectivity index is 1.99. The van der Waals surface area contributed by atoms with Crippen LogP contribution in [0, 0.1) is 17.8 Å². The maximum absolute atomic E-state index is 6.67. The lowest BCUT2D eigenvalue weighted by Gasteiger charge is -2.46. The first-order chi connectivity index (χ1) is 8.43. The number of rotatable bonds is 3. The summed E-state index contributed by atoms with van der Waals surface area (Å²) in [5, 5.41) is 0. The average molecular weight is 252 g/mol. The highest BCUT2D eigenvalue weighted by atomic mass is 15.2. The van der Waals surface area contributed by atoms with E-state index in [1.807, 2.05) is 0 Å². The Morgan fingerprint density at radius 3 is 2.22 bits per heavy atom. The Hall–Kier alpha value is -0.0800. The molecule has 2 rings (SSSR count). The van der Waals surface area contributed by atoms with E-state index in [0.717, 1.165) is 17.8 Å². The lowest BCUT2D eigenvalue weighted by atomic mass is 9.69. The minimum Gasteiger partial charge on any atom is -0.326 e. The minimum absolute atomic E-state index is 0.182. The van der Waals surface area contributed by atoms with Crippen LogP contribution in [0.15, 0.2) is 0 Å². The molecule has 4 atom stereocenters. The van der Waals surface area contributed by atoms with E-state index in [-0.39, 0.29) is 5.54 Å². The van der Waals surface area contributed by atoms with Crippen molar-refractivity contribution in [2.45, 2.75) is 71.4 Å². The third kappa shape index (κ3) is 2.75. The van der Waals surface area contributed by atoms with Crippen LogP contribution in [0.3, 0.4) is 0 Å². The highest BCUT2D eigenvalue weighted by Gasteiger charge is 2.40. The second kappa shape index (κ2) is 5.50. The summed E-state index contributed by atoms with van der Waals surface area (Å²) in [6.45, 7) is 12.0. The van der Waals surface area contributed by atoms with Crippen LogP contribution < -0.4 is 5.73 Å². The van der Waals surface area contributed by atoms with Gasteiger partial charge in [-0.3, -0.25) is 4.90 Å². The van der Waals surface area contributed by atoms with Gasteiger partial charge < -0.3 is 5.73 Å². The number of nitrogens with two attached hydrogens (primary N) is 1. The van der Waals surface area contributed by atoms with E-state index in [9.17, 15) is 0 Å². The Kier molecular flexibility index (Phi) is 4.38. The lowest BCUT2D eigenvalue weighted by molar-refractivity contribution is 0.0680. The van der Waals surface area contributed by atoms with Crippen molar-refractivity contribution in [3.63, 3.8) is 0 Å². The zero-order valence-electron chi connectivity index (χ0n) is 12.8. The van der Waals surface area contributed by atoms with Gasteiger partial charge in [0.15, 0.2) is 0 Å². The molecule has 2 nitrogen and oxygen atoms in total. The van der Waals surface area contributed by atoms with Gasteiger partial charge in [-0.05, 0) is 70.4 Å². The zero-order chi connectivity index (χ0) is 13.3. The van der Waals surface area contributed by atoms with Crippen LogP contribution in [0.5, 0.6) is 0 Å². The SMILES string of the molecule is CC1CCC(C(N)C(C)(C)N2CCCC2)CC1C. The van der Waals surface area contributed by atoms with E-state index < -0.39 is 0 Å². The van der Waals surface area contributed by atoms with Gasteiger partial charge in [0.1, 0.15) is 0 Å². The van der Waals surface area contributed by atoms with Gasteiger partial charge in [-0.25, -0.2) is 0 Å². The standard InChI is InChI=1S/C16H32N2/c1-12-7-8-14(11-13(12)2)15(17)16(3,4)18-9-5-6-10-18/h12-15H,5-11,17H2,1-4H3. The van der Waals surface area contributed by atoms with E-state index in [0.29, 0.717) is 6.04 Å². The van der Waals surface area contributed by atoms with Crippen LogP contribution >= 0.6 is 0 Å². The van der Waals surface area contributed by atoms with Gasteiger partial charge >= 0.3 is 0 Å². The quantitative estimate of drug-likeness (QED) is 0.835. The summed E-state index contributed by atoms with van der Waals surface area (Å²) < 4.78 is 0. The van der Waals surface area contributed by atoms with Gasteiger partial charge in [0.25, 0.3) is 0 Å². The summed E-state index contributed by atoms with van der Waals surface area (Å²) in [6, 6.07) is 0.338. The van der Waals surface area contributed by atoms with E-state index in [4.69, 9.17) is 5.73 Å². The van der Waals surface area contributed by atoms with Crippen molar-refractivity contribution in [3.8, 4) is 0 Å². The second-order valence-corrected chi connectivity index (χ2v) is 7.40. The van der Waals surface area contributed by atoms with Gasteiger partial charge in [0, 0.05) is 11.6 Å². The molecule has 0 aromatic carbocycles. The van der Waals surface area contributed by atoms with Crippen LogP contribution in [0.2, 0.25) is 0 Å². The normalized spacial score (nSPS) is 36.8. The molecular weight excluding hydrogens is 220 g/mol. The number of hydrogen-bond acceptors (Lipinski definition) is 2. The summed E-state index contributed by atoms with van der Waals surface area (Å²) in [5.41, 5.74) is 6.85. The van der Waals surface area contributed by atoms with Crippen LogP contribution in [0.1, 0.15) is 59.8 Å². The molecule has 1 saturated carbocycles. The Morgan fingerprint density at radius 1 is 1.06 bits per heavy atom. The molecule has 0 amide bonds. The Bertz CT molecular complexity index is 268.